The molecule has 5 N–H and O–H groups in total. The average Bonchev–Trinajstić information content (AvgIpc) is 3.13. The highest BCUT2D eigenvalue weighted by molar-refractivity contribution is 5.94. The Morgan fingerprint density at radius 2 is 1.76 bits per heavy atom. The van der Waals surface area contributed by atoms with Gasteiger partial charge in [0, 0.05) is 24.2 Å². The Morgan fingerprint density at radius 3 is 2.45 bits per heavy atom. The SMILES string of the molecule is C[C@]12CCC(=O)C=C1CC[C@H]1[C@H]2C(=O)C[C@@]2(C)[C@@H]1CC[C@@]2(O)C(=O)CO[C@H]1O[C@@H](C(=O)O)[C@@H](O)[C@H](O)[C@H]1O. The van der Waals surface area contributed by atoms with Gasteiger partial charge in [0.25, 0.3) is 0 Å². The van der Waals surface area contributed by atoms with E-state index in [1.807, 2.05) is 0 Å². The number of fused-ring (bicyclic) bond motifs is 5. The van der Waals surface area contributed by atoms with Gasteiger partial charge in [-0.15, -0.1) is 0 Å². The normalized spacial score (nSPS) is 48.5. The van der Waals surface area contributed by atoms with Crippen LogP contribution in [-0.4, -0.2) is 91.8 Å². The van der Waals surface area contributed by atoms with Crippen molar-refractivity contribution in [3.05, 3.63) is 11.6 Å². The molecule has 11 atom stereocenters. The number of carboxylic acids is 1. The van der Waals surface area contributed by atoms with Crippen LogP contribution in [0.1, 0.15) is 58.8 Å². The molecule has 1 aliphatic heterocycles. The molecule has 3 saturated carbocycles. The van der Waals surface area contributed by atoms with Crippen LogP contribution < -0.4 is 0 Å². The third kappa shape index (κ3) is 3.85. The topological polar surface area (TPSA) is 188 Å². The standard InChI is InChI=1S/C27H36O11/c1-25-7-5-13(28)9-12(25)3-4-14-15-6-8-27(36,26(15,2)10-16(29)18(14)25)17(30)11-37-24-21(33)19(31)20(32)22(38-24)23(34)35/h9,14-15,18-22,24,31-33,36H,3-8,10-11H2,1-2H3,(H,34,35)/t14-,15-,18+,19+,20+,21-,22-,24+,25+,26+,27-/m1/s1. The maximum absolute atomic E-state index is 13.7. The minimum Gasteiger partial charge on any atom is -0.479 e. The van der Waals surface area contributed by atoms with Crippen molar-refractivity contribution in [3.63, 3.8) is 0 Å². The second kappa shape index (κ2) is 9.28. The van der Waals surface area contributed by atoms with Crippen molar-refractivity contribution in [3.8, 4) is 0 Å². The number of Topliss-reactive ketones (excluding diaryl/α,β-unsaturated/α-hetero) is 2. The highest BCUT2D eigenvalue weighted by atomic mass is 16.7. The molecule has 4 aliphatic carbocycles. The molecule has 1 saturated heterocycles. The van der Waals surface area contributed by atoms with E-state index in [0.29, 0.717) is 32.1 Å². The van der Waals surface area contributed by atoms with Crippen LogP contribution in [0.4, 0.5) is 0 Å². The fraction of sp³-hybridized carbons (Fsp3) is 0.778. The van der Waals surface area contributed by atoms with Crippen molar-refractivity contribution in [2.24, 2.45) is 28.6 Å². The van der Waals surface area contributed by atoms with Crippen molar-refractivity contribution < 1.29 is 54.2 Å². The van der Waals surface area contributed by atoms with Gasteiger partial charge in [-0.3, -0.25) is 14.4 Å². The summed E-state index contributed by atoms with van der Waals surface area (Å²) in [6.45, 7) is 3.08. The summed E-state index contributed by atoms with van der Waals surface area (Å²) in [5, 5.41) is 51.0. The van der Waals surface area contributed by atoms with Crippen molar-refractivity contribution in [2.75, 3.05) is 6.61 Å². The minimum absolute atomic E-state index is 0.00639. The molecule has 5 rings (SSSR count). The van der Waals surface area contributed by atoms with Gasteiger partial charge in [0.15, 0.2) is 24.0 Å². The van der Waals surface area contributed by atoms with Gasteiger partial charge in [-0.1, -0.05) is 19.4 Å². The summed E-state index contributed by atoms with van der Waals surface area (Å²) in [4.78, 5) is 50.5. The van der Waals surface area contributed by atoms with Crippen molar-refractivity contribution >= 4 is 23.3 Å². The summed E-state index contributed by atoms with van der Waals surface area (Å²) in [5.41, 5.74) is -2.30. The molecule has 0 aromatic carbocycles. The van der Waals surface area contributed by atoms with Gasteiger partial charge in [-0.25, -0.2) is 4.79 Å². The van der Waals surface area contributed by atoms with Gasteiger partial charge in [0.05, 0.1) is 0 Å². The van der Waals surface area contributed by atoms with E-state index in [1.165, 1.54) is 0 Å². The highest BCUT2D eigenvalue weighted by Gasteiger charge is 2.68. The fourth-order valence-corrected chi connectivity index (χ4v) is 8.31. The summed E-state index contributed by atoms with van der Waals surface area (Å²) in [6, 6.07) is 0. The Kier molecular flexibility index (Phi) is 6.72. The van der Waals surface area contributed by atoms with E-state index in [4.69, 9.17) is 9.47 Å². The number of hydrogen-bond donors (Lipinski definition) is 5. The Balaban J connectivity index is 1.34. The van der Waals surface area contributed by atoms with Crippen molar-refractivity contribution in [1.29, 1.82) is 0 Å². The van der Waals surface area contributed by atoms with Crippen LogP contribution in [0.2, 0.25) is 0 Å². The summed E-state index contributed by atoms with van der Waals surface area (Å²) in [5.74, 6) is -2.62. The molecule has 0 radical (unpaired) electrons. The molecule has 1 heterocycles. The predicted molar refractivity (Wildman–Crippen MR) is 127 cm³/mol. The van der Waals surface area contributed by atoms with Crippen LogP contribution in [-0.2, 0) is 28.7 Å². The number of rotatable bonds is 5. The van der Waals surface area contributed by atoms with Gasteiger partial charge >= 0.3 is 5.97 Å². The van der Waals surface area contributed by atoms with Gasteiger partial charge in [-0.2, -0.15) is 0 Å². The van der Waals surface area contributed by atoms with Gasteiger partial charge in [-0.05, 0) is 55.4 Å². The van der Waals surface area contributed by atoms with E-state index < -0.39 is 65.5 Å². The van der Waals surface area contributed by atoms with Crippen molar-refractivity contribution in [1.82, 2.24) is 0 Å². The third-order valence-electron chi connectivity index (χ3n) is 10.5. The van der Waals surface area contributed by atoms with Crippen LogP contribution in [0.3, 0.4) is 0 Å². The number of allylic oxidation sites excluding steroid dienone is 1. The van der Waals surface area contributed by atoms with E-state index >= 15 is 0 Å². The lowest BCUT2D eigenvalue weighted by Gasteiger charge is -2.57. The first kappa shape index (κ1) is 27.5. The number of aliphatic hydroxyl groups excluding tert-OH is 3. The van der Waals surface area contributed by atoms with Crippen LogP contribution in [0.15, 0.2) is 11.6 Å². The summed E-state index contributed by atoms with van der Waals surface area (Å²) >= 11 is 0. The number of aliphatic hydroxyl groups is 4. The lowest BCUT2D eigenvalue weighted by Crippen LogP contribution is -2.62. The Labute approximate surface area is 219 Å². The molecule has 4 fully saturated rings. The maximum Gasteiger partial charge on any atom is 0.335 e. The van der Waals surface area contributed by atoms with E-state index in [1.54, 1.807) is 13.0 Å². The summed E-state index contributed by atoms with van der Waals surface area (Å²) < 4.78 is 10.4. The zero-order valence-corrected chi connectivity index (χ0v) is 21.5. The first-order valence-corrected chi connectivity index (χ1v) is 13.3. The first-order valence-electron chi connectivity index (χ1n) is 13.3. The van der Waals surface area contributed by atoms with Gasteiger partial charge < -0.3 is 35.0 Å². The molecule has 11 nitrogen and oxygen atoms in total. The van der Waals surface area contributed by atoms with Crippen molar-refractivity contribution in [2.45, 2.75) is 95.1 Å². The van der Waals surface area contributed by atoms with Crippen LogP contribution in [0, 0.1) is 28.6 Å². The average molecular weight is 537 g/mol. The number of carboxylic acid groups (broad SMARTS) is 1. The van der Waals surface area contributed by atoms with Gasteiger partial charge in [0.1, 0.15) is 36.3 Å². The monoisotopic (exact) mass is 536 g/mol. The lowest BCUT2D eigenvalue weighted by molar-refractivity contribution is -0.293. The molecule has 5 aliphatic rings. The zero-order chi connectivity index (χ0) is 27.8. The summed E-state index contributed by atoms with van der Waals surface area (Å²) in [7, 11) is 0. The summed E-state index contributed by atoms with van der Waals surface area (Å²) in [6.07, 6.45) is -4.39. The van der Waals surface area contributed by atoms with E-state index in [9.17, 15) is 44.7 Å². The molecule has 0 aromatic heterocycles. The molecule has 0 amide bonds. The fourth-order valence-electron chi connectivity index (χ4n) is 8.31. The van der Waals surface area contributed by atoms with Crippen LogP contribution in [0.25, 0.3) is 0 Å². The quantitative estimate of drug-likeness (QED) is 0.316. The molecule has 0 bridgehead atoms. The maximum atomic E-state index is 13.7. The smallest absolute Gasteiger partial charge is 0.335 e. The number of aliphatic carboxylic acids is 1. The predicted octanol–water partition coefficient (Wildman–Crippen LogP) is -0.0937. The molecule has 11 heteroatoms. The molecular formula is C27H36O11. The number of hydrogen-bond acceptors (Lipinski definition) is 10. The largest absolute Gasteiger partial charge is 0.479 e. The van der Waals surface area contributed by atoms with E-state index in [0.717, 1.165) is 5.57 Å². The minimum atomic E-state index is -1.90. The zero-order valence-electron chi connectivity index (χ0n) is 21.5. The second-order valence-electron chi connectivity index (χ2n) is 12.3. The van der Waals surface area contributed by atoms with E-state index in [-0.39, 0.29) is 42.2 Å². The molecule has 210 valence electrons. The van der Waals surface area contributed by atoms with Crippen LogP contribution >= 0.6 is 0 Å². The Morgan fingerprint density at radius 1 is 1.05 bits per heavy atom. The third-order valence-corrected chi connectivity index (χ3v) is 10.5. The Hall–Kier alpha value is -2.02. The first-order chi connectivity index (χ1) is 17.7. The molecule has 0 aromatic rings. The number of carbonyl (C=O) groups excluding carboxylic acids is 3. The Bertz CT molecular complexity index is 1080. The van der Waals surface area contributed by atoms with Gasteiger partial charge in [0.2, 0.25) is 0 Å². The second-order valence-corrected chi connectivity index (χ2v) is 12.3. The van der Waals surface area contributed by atoms with E-state index in [2.05, 4.69) is 6.92 Å². The molecular weight excluding hydrogens is 500 g/mol. The molecule has 0 unspecified atom stereocenters. The molecule has 0 spiro atoms. The lowest BCUT2D eigenvalue weighted by atomic mass is 9.46. The number of ketones is 3. The number of ether oxygens (including phenoxy) is 2. The van der Waals surface area contributed by atoms with Crippen LogP contribution in [0.5, 0.6) is 0 Å². The highest BCUT2D eigenvalue weighted by Crippen LogP contribution is 2.66. The molecule has 38 heavy (non-hydrogen) atoms. The number of carbonyl (C=O) groups is 4.